The van der Waals surface area contributed by atoms with E-state index in [1.165, 1.54) is 6.26 Å². The van der Waals surface area contributed by atoms with E-state index in [0.717, 1.165) is 25.7 Å². The fraction of sp³-hybridized carbons (Fsp3) is 0.545. The smallest absolute Gasteiger partial charge is 0.256 e. The van der Waals surface area contributed by atoms with Crippen LogP contribution < -0.4 is 11.1 Å². The number of halogens is 1. The Hall–Kier alpha value is -1.00. The normalized spacial score (nSPS) is 18.6. The van der Waals surface area contributed by atoms with Gasteiger partial charge >= 0.3 is 0 Å². The zero-order chi connectivity index (χ0) is 11.6. The summed E-state index contributed by atoms with van der Waals surface area (Å²) in [6.07, 6.45) is 5.49. The molecular weight excluding hydrogens is 228 g/mol. The standard InChI is InChI=1S/C11H15ClN2O2/c12-9-8(3-6-16-9)10(15)14-11(7-13)4-1-2-5-11/h3,6H,1-2,4-5,7,13H2,(H,14,15). The molecule has 0 atom stereocenters. The highest BCUT2D eigenvalue weighted by molar-refractivity contribution is 6.32. The Balaban J connectivity index is 2.09. The van der Waals surface area contributed by atoms with Crippen LogP contribution in [0, 0.1) is 0 Å². The summed E-state index contributed by atoms with van der Waals surface area (Å²) in [4.78, 5) is 11.9. The number of nitrogens with two attached hydrogens (primary N) is 1. The van der Waals surface area contributed by atoms with Gasteiger partial charge in [0, 0.05) is 6.54 Å². The van der Waals surface area contributed by atoms with Gasteiger partial charge in [-0.25, -0.2) is 0 Å². The Morgan fingerprint density at radius 1 is 1.56 bits per heavy atom. The van der Waals surface area contributed by atoms with Crippen molar-refractivity contribution >= 4 is 17.5 Å². The lowest BCUT2D eigenvalue weighted by atomic mass is 9.97. The van der Waals surface area contributed by atoms with Crippen LogP contribution >= 0.6 is 11.6 Å². The van der Waals surface area contributed by atoms with Crippen molar-refractivity contribution in [1.29, 1.82) is 0 Å². The van der Waals surface area contributed by atoms with Gasteiger partial charge < -0.3 is 15.5 Å². The van der Waals surface area contributed by atoms with Gasteiger partial charge in [-0.15, -0.1) is 0 Å². The monoisotopic (exact) mass is 242 g/mol. The van der Waals surface area contributed by atoms with Crippen molar-refractivity contribution < 1.29 is 9.21 Å². The molecule has 2 rings (SSSR count). The van der Waals surface area contributed by atoms with E-state index in [1.807, 2.05) is 0 Å². The topological polar surface area (TPSA) is 68.3 Å². The number of hydrogen-bond acceptors (Lipinski definition) is 3. The number of carbonyl (C=O) groups is 1. The van der Waals surface area contributed by atoms with E-state index in [0.29, 0.717) is 12.1 Å². The van der Waals surface area contributed by atoms with E-state index in [1.54, 1.807) is 6.07 Å². The fourth-order valence-corrected chi connectivity index (χ4v) is 2.40. The minimum atomic E-state index is -0.252. The molecule has 4 nitrogen and oxygen atoms in total. The van der Waals surface area contributed by atoms with Crippen molar-refractivity contribution in [3.63, 3.8) is 0 Å². The number of furan rings is 1. The first kappa shape index (κ1) is 11.5. The van der Waals surface area contributed by atoms with Crippen LogP contribution in [0.1, 0.15) is 36.0 Å². The molecule has 88 valence electrons. The maximum Gasteiger partial charge on any atom is 0.256 e. The van der Waals surface area contributed by atoms with Gasteiger partial charge in [-0.3, -0.25) is 4.79 Å². The molecule has 1 aliphatic carbocycles. The molecule has 0 spiro atoms. The lowest BCUT2D eigenvalue weighted by Gasteiger charge is -2.28. The Labute approximate surface area is 99.1 Å². The predicted molar refractivity (Wildman–Crippen MR) is 61.4 cm³/mol. The molecule has 0 aromatic carbocycles. The molecule has 1 aliphatic rings. The predicted octanol–water partition coefficient (Wildman–Crippen LogP) is 1.93. The van der Waals surface area contributed by atoms with Crippen LogP contribution in [0.15, 0.2) is 16.7 Å². The molecule has 1 saturated carbocycles. The van der Waals surface area contributed by atoms with Crippen LogP contribution in [0.25, 0.3) is 0 Å². The first-order valence-corrected chi connectivity index (χ1v) is 5.80. The van der Waals surface area contributed by atoms with Crippen molar-refractivity contribution in [2.45, 2.75) is 31.2 Å². The van der Waals surface area contributed by atoms with Gasteiger partial charge in [0.1, 0.15) is 0 Å². The third kappa shape index (κ3) is 2.08. The zero-order valence-electron chi connectivity index (χ0n) is 8.96. The zero-order valence-corrected chi connectivity index (χ0v) is 9.72. The van der Waals surface area contributed by atoms with Gasteiger partial charge in [0.2, 0.25) is 5.22 Å². The van der Waals surface area contributed by atoms with E-state index >= 15 is 0 Å². The molecule has 3 N–H and O–H groups in total. The summed E-state index contributed by atoms with van der Waals surface area (Å²) in [6, 6.07) is 1.57. The fourth-order valence-electron chi connectivity index (χ4n) is 2.20. The molecule has 0 radical (unpaired) electrons. The molecule has 0 aliphatic heterocycles. The molecule has 1 amide bonds. The summed E-state index contributed by atoms with van der Waals surface area (Å²) in [5.74, 6) is -0.203. The van der Waals surface area contributed by atoms with Gasteiger partial charge in [0.25, 0.3) is 5.91 Å². The van der Waals surface area contributed by atoms with Crippen LogP contribution in [0.3, 0.4) is 0 Å². The second kappa shape index (κ2) is 4.47. The van der Waals surface area contributed by atoms with Crippen LogP contribution in [0.4, 0.5) is 0 Å². The number of rotatable bonds is 3. The average molecular weight is 243 g/mol. The SMILES string of the molecule is NCC1(NC(=O)c2ccoc2Cl)CCCC1. The highest BCUT2D eigenvalue weighted by atomic mass is 35.5. The summed E-state index contributed by atoms with van der Waals surface area (Å²) in [5, 5.41) is 3.10. The van der Waals surface area contributed by atoms with Crippen molar-refractivity contribution in [1.82, 2.24) is 5.32 Å². The molecule has 5 heteroatoms. The molecule has 0 saturated heterocycles. The van der Waals surface area contributed by atoms with Crippen molar-refractivity contribution in [3.05, 3.63) is 23.1 Å². The van der Waals surface area contributed by atoms with E-state index < -0.39 is 0 Å². The number of carbonyl (C=O) groups excluding carboxylic acids is 1. The summed E-state index contributed by atoms with van der Waals surface area (Å²) < 4.78 is 4.89. The first-order chi connectivity index (χ1) is 7.67. The lowest BCUT2D eigenvalue weighted by molar-refractivity contribution is 0.0902. The van der Waals surface area contributed by atoms with Gasteiger partial charge in [-0.05, 0) is 30.5 Å². The van der Waals surface area contributed by atoms with Crippen LogP contribution in [-0.2, 0) is 0 Å². The molecule has 1 aromatic rings. The quantitative estimate of drug-likeness (QED) is 0.851. The average Bonchev–Trinajstić information content (AvgIpc) is 2.87. The van der Waals surface area contributed by atoms with Crippen molar-refractivity contribution in [3.8, 4) is 0 Å². The van der Waals surface area contributed by atoms with Crippen LogP contribution in [0.5, 0.6) is 0 Å². The molecular formula is C11H15ClN2O2. The van der Waals surface area contributed by atoms with E-state index in [2.05, 4.69) is 5.32 Å². The molecule has 1 aromatic heterocycles. The third-order valence-corrected chi connectivity index (χ3v) is 3.49. The molecule has 0 unspecified atom stereocenters. The van der Waals surface area contributed by atoms with E-state index in [-0.39, 0.29) is 16.7 Å². The van der Waals surface area contributed by atoms with Gasteiger partial charge in [-0.2, -0.15) is 0 Å². The molecule has 16 heavy (non-hydrogen) atoms. The second-order valence-electron chi connectivity index (χ2n) is 4.25. The highest BCUT2D eigenvalue weighted by Gasteiger charge is 2.34. The van der Waals surface area contributed by atoms with Crippen molar-refractivity contribution in [2.24, 2.45) is 5.73 Å². The first-order valence-electron chi connectivity index (χ1n) is 5.42. The van der Waals surface area contributed by atoms with Crippen LogP contribution in [0.2, 0.25) is 5.22 Å². The summed E-state index contributed by atoms with van der Waals surface area (Å²) in [6.45, 7) is 0.466. The van der Waals surface area contributed by atoms with E-state index in [4.69, 9.17) is 21.8 Å². The Kier molecular flexibility index (Phi) is 3.21. The summed E-state index contributed by atoms with van der Waals surface area (Å²) >= 11 is 5.75. The summed E-state index contributed by atoms with van der Waals surface area (Å²) in [5.41, 5.74) is 5.86. The minimum absolute atomic E-state index is 0.127. The molecule has 1 fully saturated rings. The Bertz CT molecular complexity index is 383. The van der Waals surface area contributed by atoms with Gasteiger partial charge in [-0.1, -0.05) is 12.8 Å². The van der Waals surface area contributed by atoms with Crippen LogP contribution in [-0.4, -0.2) is 18.0 Å². The highest BCUT2D eigenvalue weighted by Crippen LogP contribution is 2.29. The van der Waals surface area contributed by atoms with Crippen molar-refractivity contribution in [2.75, 3.05) is 6.54 Å². The lowest BCUT2D eigenvalue weighted by Crippen LogP contribution is -2.51. The summed E-state index contributed by atoms with van der Waals surface area (Å²) in [7, 11) is 0. The minimum Gasteiger partial charge on any atom is -0.452 e. The Morgan fingerprint density at radius 2 is 2.25 bits per heavy atom. The van der Waals surface area contributed by atoms with E-state index in [9.17, 15) is 4.79 Å². The Morgan fingerprint density at radius 3 is 2.75 bits per heavy atom. The van der Waals surface area contributed by atoms with Gasteiger partial charge in [0.05, 0.1) is 17.4 Å². The number of hydrogen-bond donors (Lipinski definition) is 2. The largest absolute Gasteiger partial charge is 0.452 e. The molecule has 0 bridgehead atoms. The third-order valence-electron chi connectivity index (χ3n) is 3.19. The maximum absolute atomic E-state index is 11.9. The number of amides is 1. The second-order valence-corrected chi connectivity index (χ2v) is 4.60. The maximum atomic E-state index is 11.9. The molecule has 1 heterocycles. The number of nitrogens with one attached hydrogen (secondary N) is 1. The van der Waals surface area contributed by atoms with Gasteiger partial charge in [0.15, 0.2) is 0 Å².